The molecule has 5 heteroatoms. The van der Waals surface area contributed by atoms with Crippen LogP contribution in [0, 0.1) is 5.82 Å². The van der Waals surface area contributed by atoms with Gasteiger partial charge in [0, 0.05) is 25.6 Å². The van der Waals surface area contributed by atoms with Gasteiger partial charge in [0.2, 0.25) is 5.88 Å². The number of aromatic nitrogens is 1. The van der Waals surface area contributed by atoms with E-state index in [4.69, 9.17) is 4.74 Å². The maximum absolute atomic E-state index is 13.2. The molecule has 0 radical (unpaired) electrons. The Kier molecular flexibility index (Phi) is 4.83. The molecule has 0 bridgehead atoms. The number of hydrogen-bond donors (Lipinski definition) is 0. The highest BCUT2D eigenvalue weighted by molar-refractivity contribution is 5.96. The molecule has 1 aliphatic heterocycles. The van der Waals surface area contributed by atoms with Crippen LogP contribution in [0.3, 0.4) is 0 Å². The molecule has 0 atom stereocenters. The van der Waals surface area contributed by atoms with Crippen molar-refractivity contribution in [3.05, 3.63) is 94.9 Å². The molecule has 2 heterocycles. The summed E-state index contributed by atoms with van der Waals surface area (Å²) in [5, 5.41) is 0. The largest absolute Gasteiger partial charge is 0.473 e. The van der Waals surface area contributed by atoms with Crippen molar-refractivity contribution in [3.8, 4) is 5.88 Å². The molecular formula is C22H19FN2O2. The number of carbonyl (C=O) groups excluding carboxylic acids is 1. The van der Waals surface area contributed by atoms with Gasteiger partial charge in [-0.25, -0.2) is 9.37 Å². The Balaban J connectivity index is 1.45. The molecule has 1 amide bonds. The van der Waals surface area contributed by atoms with Gasteiger partial charge < -0.3 is 9.64 Å². The fourth-order valence-corrected chi connectivity index (χ4v) is 3.20. The Hall–Kier alpha value is -3.21. The van der Waals surface area contributed by atoms with Gasteiger partial charge in [-0.2, -0.15) is 0 Å². The van der Waals surface area contributed by atoms with Crippen LogP contribution >= 0.6 is 0 Å². The van der Waals surface area contributed by atoms with Crippen molar-refractivity contribution < 1.29 is 13.9 Å². The summed E-state index contributed by atoms with van der Waals surface area (Å²) in [5.41, 5.74) is 3.22. The molecule has 0 fully saturated rings. The molecular weight excluding hydrogens is 343 g/mol. The lowest BCUT2D eigenvalue weighted by atomic mass is 10.0. The molecule has 136 valence electrons. The quantitative estimate of drug-likeness (QED) is 0.689. The van der Waals surface area contributed by atoms with Crippen LogP contribution < -0.4 is 4.74 Å². The summed E-state index contributed by atoms with van der Waals surface area (Å²) in [6.45, 7) is 1.45. The first-order valence-electron chi connectivity index (χ1n) is 8.89. The van der Waals surface area contributed by atoms with Crippen LogP contribution in [0.4, 0.5) is 4.39 Å². The number of fused-ring (bicyclic) bond motifs is 1. The standard InChI is InChI=1S/C22H19FN2O2/c23-18-8-4-7-17(13-18)15-27-21-10-9-19-20(24-21)11-12-25(22(19)26)14-16-5-2-1-3-6-16/h1-10,13H,11-12,14-15H2. The van der Waals surface area contributed by atoms with E-state index in [2.05, 4.69) is 4.98 Å². The van der Waals surface area contributed by atoms with Gasteiger partial charge in [0.1, 0.15) is 12.4 Å². The minimum absolute atomic E-state index is 0.00992. The smallest absolute Gasteiger partial charge is 0.256 e. The number of amides is 1. The lowest BCUT2D eigenvalue weighted by Crippen LogP contribution is -2.37. The number of carbonyl (C=O) groups is 1. The first-order valence-corrected chi connectivity index (χ1v) is 8.89. The topological polar surface area (TPSA) is 42.4 Å². The number of rotatable bonds is 5. The van der Waals surface area contributed by atoms with E-state index >= 15 is 0 Å². The van der Waals surface area contributed by atoms with Gasteiger partial charge in [-0.05, 0) is 29.3 Å². The second-order valence-electron chi connectivity index (χ2n) is 6.52. The van der Waals surface area contributed by atoms with Gasteiger partial charge in [-0.3, -0.25) is 4.79 Å². The van der Waals surface area contributed by atoms with Gasteiger partial charge >= 0.3 is 0 Å². The molecule has 0 unspecified atom stereocenters. The third-order valence-corrected chi connectivity index (χ3v) is 4.58. The van der Waals surface area contributed by atoms with Crippen molar-refractivity contribution in [2.45, 2.75) is 19.6 Å². The average molecular weight is 362 g/mol. The maximum atomic E-state index is 13.2. The van der Waals surface area contributed by atoms with E-state index in [1.807, 2.05) is 35.2 Å². The number of nitrogens with zero attached hydrogens (tertiary/aromatic N) is 2. The monoisotopic (exact) mass is 362 g/mol. The van der Waals surface area contributed by atoms with Crippen LogP contribution in [0.5, 0.6) is 5.88 Å². The van der Waals surface area contributed by atoms with E-state index in [1.165, 1.54) is 12.1 Å². The molecule has 2 aromatic carbocycles. The van der Waals surface area contributed by atoms with Crippen LogP contribution in [0.1, 0.15) is 27.2 Å². The molecule has 3 aromatic rings. The Bertz CT molecular complexity index is 960. The van der Waals surface area contributed by atoms with Crippen molar-refractivity contribution in [1.29, 1.82) is 0 Å². The minimum Gasteiger partial charge on any atom is -0.473 e. The number of halogens is 1. The number of benzene rings is 2. The van der Waals surface area contributed by atoms with E-state index in [0.717, 1.165) is 16.8 Å². The number of hydrogen-bond acceptors (Lipinski definition) is 3. The fourth-order valence-electron chi connectivity index (χ4n) is 3.20. The molecule has 0 N–H and O–H groups in total. The van der Waals surface area contributed by atoms with Gasteiger partial charge in [0.25, 0.3) is 5.91 Å². The van der Waals surface area contributed by atoms with Gasteiger partial charge in [-0.15, -0.1) is 0 Å². The lowest BCUT2D eigenvalue weighted by Gasteiger charge is -2.28. The molecule has 0 aliphatic carbocycles. The summed E-state index contributed by atoms with van der Waals surface area (Å²) >= 11 is 0. The van der Waals surface area contributed by atoms with Crippen molar-refractivity contribution in [1.82, 2.24) is 9.88 Å². The van der Waals surface area contributed by atoms with E-state index in [0.29, 0.717) is 31.0 Å². The Labute approximate surface area is 157 Å². The summed E-state index contributed by atoms with van der Waals surface area (Å²) in [6.07, 6.45) is 0.686. The fraction of sp³-hybridized carbons (Fsp3) is 0.182. The molecule has 1 aromatic heterocycles. The Morgan fingerprint density at radius 1 is 1.00 bits per heavy atom. The summed E-state index contributed by atoms with van der Waals surface area (Å²) in [6, 6.07) is 19.7. The third-order valence-electron chi connectivity index (χ3n) is 4.58. The normalized spacial score (nSPS) is 13.4. The predicted molar refractivity (Wildman–Crippen MR) is 99.9 cm³/mol. The second kappa shape index (κ2) is 7.58. The Morgan fingerprint density at radius 3 is 2.63 bits per heavy atom. The molecule has 1 aliphatic rings. The second-order valence-corrected chi connectivity index (χ2v) is 6.52. The number of ether oxygens (including phenoxy) is 1. The summed E-state index contributed by atoms with van der Waals surface area (Å²) in [5.74, 6) is 0.144. The maximum Gasteiger partial charge on any atom is 0.256 e. The van der Waals surface area contributed by atoms with Crippen molar-refractivity contribution in [2.24, 2.45) is 0 Å². The van der Waals surface area contributed by atoms with Gasteiger partial charge in [0.05, 0.1) is 11.3 Å². The van der Waals surface area contributed by atoms with Crippen LogP contribution in [-0.4, -0.2) is 22.3 Å². The van der Waals surface area contributed by atoms with E-state index in [1.54, 1.807) is 24.3 Å². The molecule has 0 spiro atoms. The van der Waals surface area contributed by atoms with Gasteiger partial charge in [0.15, 0.2) is 0 Å². The number of pyridine rings is 1. The van der Waals surface area contributed by atoms with E-state index in [9.17, 15) is 9.18 Å². The van der Waals surface area contributed by atoms with Crippen LogP contribution in [-0.2, 0) is 19.6 Å². The van der Waals surface area contributed by atoms with Gasteiger partial charge in [-0.1, -0.05) is 42.5 Å². The highest BCUT2D eigenvalue weighted by Gasteiger charge is 2.25. The highest BCUT2D eigenvalue weighted by Crippen LogP contribution is 2.22. The Morgan fingerprint density at radius 2 is 1.81 bits per heavy atom. The zero-order chi connectivity index (χ0) is 18.6. The average Bonchev–Trinajstić information content (AvgIpc) is 2.69. The predicted octanol–water partition coefficient (Wildman–Crippen LogP) is 4.00. The lowest BCUT2D eigenvalue weighted by molar-refractivity contribution is 0.0724. The first-order chi connectivity index (χ1) is 13.2. The summed E-state index contributed by atoms with van der Waals surface area (Å²) < 4.78 is 18.9. The van der Waals surface area contributed by atoms with Crippen molar-refractivity contribution >= 4 is 5.91 Å². The van der Waals surface area contributed by atoms with Crippen LogP contribution in [0.25, 0.3) is 0 Å². The van der Waals surface area contributed by atoms with Crippen LogP contribution in [0.2, 0.25) is 0 Å². The molecule has 0 saturated carbocycles. The minimum atomic E-state index is -0.293. The van der Waals surface area contributed by atoms with Crippen molar-refractivity contribution in [3.63, 3.8) is 0 Å². The molecule has 0 saturated heterocycles. The zero-order valence-electron chi connectivity index (χ0n) is 14.8. The SMILES string of the molecule is O=C1c2ccc(OCc3cccc(F)c3)nc2CCN1Cc1ccccc1. The molecule has 27 heavy (non-hydrogen) atoms. The van der Waals surface area contributed by atoms with E-state index in [-0.39, 0.29) is 18.3 Å². The first kappa shape index (κ1) is 17.2. The van der Waals surface area contributed by atoms with Crippen molar-refractivity contribution in [2.75, 3.05) is 6.54 Å². The molecule has 4 rings (SSSR count). The van der Waals surface area contributed by atoms with E-state index < -0.39 is 0 Å². The zero-order valence-corrected chi connectivity index (χ0v) is 14.8. The summed E-state index contributed by atoms with van der Waals surface area (Å²) in [4.78, 5) is 19.1. The summed E-state index contributed by atoms with van der Waals surface area (Å²) in [7, 11) is 0. The third kappa shape index (κ3) is 3.97. The van der Waals surface area contributed by atoms with Crippen LogP contribution in [0.15, 0.2) is 66.7 Å². The highest BCUT2D eigenvalue weighted by atomic mass is 19.1. The molecule has 4 nitrogen and oxygen atoms in total.